The summed E-state index contributed by atoms with van der Waals surface area (Å²) in [6, 6.07) is 8.14. The van der Waals surface area contributed by atoms with Crippen molar-refractivity contribution in [2.75, 3.05) is 13.2 Å². The summed E-state index contributed by atoms with van der Waals surface area (Å²) >= 11 is 2.27. The van der Waals surface area contributed by atoms with Crippen molar-refractivity contribution in [3.63, 3.8) is 0 Å². The van der Waals surface area contributed by atoms with Gasteiger partial charge in [0.15, 0.2) is 0 Å². The number of hydrogen-bond donors (Lipinski definition) is 0. The monoisotopic (exact) mass is 360 g/mol. The third-order valence-corrected chi connectivity index (χ3v) is 3.83. The van der Waals surface area contributed by atoms with Gasteiger partial charge in [-0.15, -0.1) is 0 Å². The van der Waals surface area contributed by atoms with E-state index >= 15 is 0 Å². The molecule has 0 saturated carbocycles. The van der Waals surface area contributed by atoms with Gasteiger partial charge in [0.1, 0.15) is 0 Å². The van der Waals surface area contributed by atoms with E-state index < -0.39 is 0 Å². The molecule has 3 nitrogen and oxygen atoms in total. The van der Waals surface area contributed by atoms with E-state index in [1.165, 1.54) is 3.57 Å². The van der Waals surface area contributed by atoms with Crippen LogP contribution in [0.2, 0.25) is 0 Å². The molecule has 1 aliphatic heterocycles. The van der Waals surface area contributed by atoms with Gasteiger partial charge in [0, 0.05) is 10.2 Å². The van der Waals surface area contributed by atoms with E-state index in [1.54, 1.807) is 0 Å². The zero-order valence-corrected chi connectivity index (χ0v) is 12.6. The van der Waals surface area contributed by atoms with Gasteiger partial charge in [0.05, 0.1) is 18.6 Å². The molecule has 0 aromatic heterocycles. The number of carbonyl (C=O) groups is 1. The Kier molecular flexibility index (Phi) is 5.00. The predicted octanol–water partition coefficient (Wildman–Crippen LogP) is 3.32. The first-order chi connectivity index (χ1) is 8.72. The molecule has 0 radical (unpaired) electrons. The Labute approximate surface area is 121 Å². The molecular weight excluding hydrogens is 343 g/mol. The minimum absolute atomic E-state index is 0.138. The van der Waals surface area contributed by atoms with Gasteiger partial charge in [0.2, 0.25) is 0 Å². The van der Waals surface area contributed by atoms with Crippen LogP contribution < -0.4 is 0 Å². The number of ether oxygens (including phenoxy) is 2. The van der Waals surface area contributed by atoms with Crippen LogP contribution in [0.15, 0.2) is 24.3 Å². The van der Waals surface area contributed by atoms with Crippen molar-refractivity contribution in [1.29, 1.82) is 0 Å². The van der Waals surface area contributed by atoms with Crippen molar-refractivity contribution >= 4 is 28.6 Å². The number of halogens is 1. The molecule has 0 amide bonds. The van der Waals surface area contributed by atoms with Gasteiger partial charge < -0.3 is 9.47 Å². The molecule has 2 rings (SSSR count). The molecule has 0 bridgehead atoms. The van der Waals surface area contributed by atoms with Gasteiger partial charge >= 0.3 is 5.97 Å². The molecule has 1 aromatic carbocycles. The van der Waals surface area contributed by atoms with Crippen LogP contribution in [0.5, 0.6) is 0 Å². The Morgan fingerprint density at radius 3 is 2.83 bits per heavy atom. The summed E-state index contributed by atoms with van der Waals surface area (Å²) in [7, 11) is 0. The SMILES string of the molecule is CCOC(=O)C1CCCOC1c1ccc(I)cc1. The average molecular weight is 360 g/mol. The first-order valence-electron chi connectivity index (χ1n) is 6.26. The van der Waals surface area contributed by atoms with Gasteiger partial charge in [-0.3, -0.25) is 4.79 Å². The summed E-state index contributed by atoms with van der Waals surface area (Å²) in [5.41, 5.74) is 1.06. The number of esters is 1. The van der Waals surface area contributed by atoms with Crippen LogP contribution in [0.25, 0.3) is 0 Å². The van der Waals surface area contributed by atoms with E-state index in [0.29, 0.717) is 13.2 Å². The molecule has 0 spiro atoms. The molecule has 1 fully saturated rings. The number of carbonyl (C=O) groups excluding carboxylic acids is 1. The van der Waals surface area contributed by atoms with E-state index in [4.69, 9.17) is 9.47 Å². The molecule has 1 saturated heterocycles. The normalized spacial score (nSPS) is 23.7. The second-order valence-corrected chi connectivity index (χ2v) is 5.59. The lowest BCUT2D eigenvalue weighted by Gasteiger charge is -2.30. The van der Waals surface area contributed by atoms with Crippen LogP contribution in [0, 0.1) is 9.49 Å². The Hall–Kier alpha value is -0.620. The second-order valence-electron chi connectivity index (χ2n) is 4.34. The van der Waals surface area contributed by atoms with Gasteiger partial charge in [-0.05, 0) is 60.1 Å². The summed E-state index contributed by atoms with van der Waals surface area (Å²) in [6.45, 7) is 2.97. The minimum Gasteiger partial charge on any atom is -0.466 e. The van der Waals surface area contributed by atoms with Gasteiger partial charge in [-0.25, -0.2) is 0 Å². The van der Waals surface area contributed by atoms with Gasteiger partial charge in [-0.2, -0.15) is 0 Å². The van der Waals surface area contributed by atoms with E-state index in [2.05, 4.69) is 22.6 Å². The molecule has 0 aliphatic carbocycles. The first-order valence-corrected chi connectivity index (χ1v) is 7.34. The highest BCUT2D eigenvalue weighted by atomic mass is 127. The lowest BCUT2D eigenvalue weighted by Crippen LogP contribution is -2.30. The molecule has 2 atom stereocenters. The zero-order chi connectivity index (χ0) is 13.0. The van der Waals surface area contributed by atoms with E-state index in [0.717, 1.165) is 18.4 Å². The van der Waals surface area contributed by atoms with Gasteiger partial charge in [-0.1, -0.05) is 12.1 Å². The molecule has 2 unspecified atom stereocenters. The van der Waals surface area contributed by atoms with E-state index in [1.807, 2.05) is 31.2 Å². The van der Waals surface area contributed by atoms with Crippen molar-refractivity contribution in [1.82, 2.24) is 0 Å². The van der Waals surface area contributed by atoms with Crippen LogP contribution in [0.3, 0.4) is 0 Å². The Morgan fingerprint density at radius 2 is 2.17 bits per heavy atom. The fourth-order valence-electron chi connectivity index (χ4n) is 2.25. The highest BCUT2D eigenvalue weighted by Gasteiger charge is 2.34. The van der Waals surface area contributed by atoms with Crippen molar-refractivity contribution in [2.24, 2.45) is 5.92 Å². The largest absolute Gasteiger partial charge is 0.466 e. The number of rotatable bonds is 3. The van der Waals surface area contributed by atoms with E-state index in [-0.39, 0.29) is 18.0 Å². The molecule has 98 valence electrons. The molecule has 1 aliphatic rings. The summed E-state index contributed by atoms with van der Waals surface area (Å²) in [5.74, 6) is -0.306. The Bertz CT molecular complexity index is 402. The fourth-order valence-corrected chi connectivity index (χ4v) is 2.61. The first kappa shape index (κ1) is 13.8. The molecule has 1 aromatic rings. The molecule has 0 N–H and O–H groups in total. The van der Waals surface area contributed by atoms with Crippen molar-refractivity contribution < 1.29 is 14.3 Å². The van der Waals surface area contributed by atoms with Crippen molar-refractivity contribution in [3.8, 4) is 0 Å². The third kappa shape index (κ3) is 3.23. The minimum atomic E-state index is -0.168. The fraction of sp³-hybridized carbons (Fsp3) is 0.500. The predicted molar refractivity (Wildman–Crippen MR) is 77.2 cm³/mol. The smallest absolute Gasteiger partial charge is 0.311 e. The summed E-state index contributed by atoms with van der Waals surface area (Å²) in [5, 5.41) is 0. The van der Waals surface area contributed by atoms with Crippen LogP contribution in [-0.2, 0) is 14.3 Å². The molecule has 1 heterocycles. The van der Waals surface area contributed by atoms with Crippen molar-refractivity contribution in [2.45, 2.75) is 25.9 Å². The summed E-state index contributed by atoms with van der Waals surface area (Å²) in [4.78, 5) is 11.9. The zero-order valence-electron chi connectivity index (χ0n) is 10.4. The standard InChI is InChI=1S/C14H17IO3/c1-2-17-14(16)12-4-3-9-18-13(12)10-5-7-11(15)8-6-10/h5-8,12-13H,2-4,9H2,1H3. The number of hydrogen-bond acceptors (Lipinski definition) is 3. The summed E-state index contributed by atoms with van der Waals surface area (Å²) < 4.78 is 12.1. The quantitative estimate of drug-likeness (QED) is 0.613. The lowest BCUT2D eigenvalue weighted by atomic mass is 9.89. The highest BCUT2D eigenvalue weighted by Crippen LogP contribution is 2.34. The maximum atomic E-state index is 11.9. The second kappa shape index (κ2) is 6.52. The maximum Gasteiger partial charge on any atom is 0.311 e. The molecular formula is C14H17IO3. The number of benzene rings is 1. The third-order valence-electron chi connectivity index (χ3n) is 3.11. The van der Waals surface area contributed by atoms with Crippen LogP contribution in [-0.4, -0.2) is 19.2 Å². The maximum absolute atomic E-state index is 11.9. The average Bonchev–Trinajstić information content (AvgIpc) is 2.40. The van der Waals surface area contributed by atoms with Crippen LogP contribution in [0.4, 0.5) is 0 Å². The van der Waals surface area contributed by atoms with Crippen LogP contribution in [0.1, 0.15) is 31.4 Å². The van der Waals surface area contributed by atoms with E-state index in [9.17, 15) is 4.79 Å². The molecule has 4 heteroatoms. The lowest BCUT2D eigenvalue weighted by molar-refractivity contribution is -0.158. The molecule has 18 heavy (non-hydrogen) atoms. The highest BCUT2D eigenvalue weighted by molar-refractivity contribution is 14.1. The Balaban J connectivity index is 2.17. The summed E-state index contributed by atoms with van der Waals surface area (Å²) in [6.07, 6.45) is 1.61. The van der Waals surface area contributed by atoms with Gasteiger partial charge in [0.25, 0.3) is 0 Å². The topological polar surface area (TPSA) is 35.5 Å². The van der Waals surface area contributed by atoms with Crippen molar-refractivity contribution in [3.05, 3.63) is 33.4 Å². The van der Waals surface area contributed by atoms with Crippen LogP contribution >= 0.6 is 22.6 Å². The Morgan fingerprint density at radius 1 is 1.44 bits per heavy atom.